The predicted molar refractivity (Wildman–Crippen MR) is 101 cm³/mol. The quantitative estimate of drug-likeness (QED) is 0.436. The number of rotatable bonds is 11. The van der Waals surface area contributed by atoms with Crippen LogP contribution in [-0.4, -0.2) is 24.8 Å². The minimum Gasteiger partial charge on any atom is -0.508 e. The molecule has 0 saturated carbocycles. The van der Waals surface area contributed by atoms with Crippen molar-refractivity contribution in [2.75, 3.05) is 13.7 Å². The van der Waals surface area contributed by atoms with Crippen LogP contribution in [0.1, 0.15) is 76.8 Å². The van der Waals surface area contributed by atoms with E-state index < -0.39 is 0 Å². The smallest absolute Gasteiger partial charge is 0.305 e. The first-order chi connectivity index (χ1) is 11.8. The van der Waals surface area contributed by atoms with Crippen LogP contribution in [-0.2, 0) is 14.9 Å². The first kappa shape index (κ1) is 21.3. The summed E-state index contributed by atoms with van der Waals surface area (Å²) < 4.78 is 10.6. The number of esters is 1. The largest absolute Gasteiger partial charge is 0.508 e. The molecular formula is C21H34O4. The minimum absolute atomic E-state index is 0.127. The number of benzene rings is 1. The molecule has 1 aromatic carbocycles. The molecular weight excluding hydrogens is 316 g/mol. The summed E-state index contributed by atoms with van der Waals surface area (Å²) in [6.45, 7) is 8.75. The third kappa shape index (κ3) is 6.97. The molecule has 142 valence electrons. The molecule has 0 aliphatic rings. The lowest BCUT2D eigenvalue weighted by molar-refractivity contribution is -0.143. The molecule has 0 fully saturated rings. The Bertz CT molecular complexity index is 549. The molecule has 0 radical (unpaired) electrons. The third-order valence-corrected chi connectivity index (χ3v) is 4.69. The standard InChI is InChI=1S/C21H34O4/c1-6-7-8-9-13-25-20(23)11-10-12-21(3,4)17-15-19(24-5)16(2)14-18(17)22/h14-15,22H,6-13H2,1-5H3. The van der Waals surface area contributed by atoms with E-state index >= 15 is 0 Å². The van der Waals surface area contributed by atoms with Crippen LogP contribution in [0, 0.1) is 6.92 Å². The van der Waals surface area contributed by atoms with Gasteiger partial charge in [0.25, 0.3) is 0 Å². The number of phenolic OH excluding ortho intramolecular Hbond substituents is 1. The molecule has 0 spiro atoms. The molecule has 0 aliphatic carbocycles. The number of unbranched alkanes of at least 4 members (excludes halogenated alkanes) is 3. The van der Waals surface area contributed by atoms with Crippen molar-refractivity contribution in [3.8, 4) is 11.5 Å². The number of carbonyl (C=O) groups is 1. The number of ether oxygens (including phenoxy) is 2. The number of aryl methyl sites for hydroxylation is 1. The predicted octanol–water partition coefficient (Wildman–Crippen LogP) is 5.28. The first-order valence-corrected chi connectivity index (χ1v) is 9.35. The fourth-order valence-corrected chi connectivity index (χ4v) is 3.03. The fraction of sp³-hybridized carbons (Fsp3) is 0.667. The molecule has 0 saturated heterocycles. The van der Waals surface area contributed by atoms with Crippen LogP contribution in [0.4, 0.5) is 0 Å². The van der Waals surface area contributed by atoms with Crippen LogP contribution >= 0.6 is 0 Å². The Kier molecular flexibility index (Phi) is 8.81. The van der Waals surface area contributed by atoms with Gasteiger partial charge < -0.3 is 14.6 Å². The maximum absolute atomic E-state index is 11.8. The van der Waals surface area contributed by atoms with E-state index in [1.54, 1.807) is 13.2 Å². The second kappa shape index (κ2) is 10.3. The Hall–Kier alpha value is -1.71. The average Bonchev–Trinajstić information content (AvgIpc) is 2.54. The van der Waals surface area contributed by atoms with E-state index in [4.69, 9.17) is 9.47 Å². The zero-order chi connectivity index (χ0) is 18.9. The van der Waals surface area contributed by atoms with Gasteiger partial charge in [0, 0.05) is 12.0 Å². The lowest BCUT2D eigenvalue weighted by Gasteiger charge is -2.27. The third-order valence-electron chi connectivity index (χ3n) is 4.69. The molecule has 0 bridgehead atoms. The Balaban J connectivity index is 2.49. The highest BCUT2D eigenvalue weighted by molar-refractivity contribution is 5.69. The summed E-state index contributed by atoms with van der Waals surface area (Å²) in [5.74, 6) is 0.923. The van der Waals surface area contributed by atoms with Gasteiger partial charge in [0.1, 0.15) is 11.5 Å². The second-order valence-electron chi connectivity index (χ2n) is 7.36. The summed E-state index contributed by atoms with van der Waals surface area (Å²) >= 11 is 0. The summed E-state index contributed by atoms with van der Waals surface area (Å²) in [4.78, 5) is 11.8. The molecule has 0 unspecified atom stereocenters. The van der Waals surface area contributed by atoms with Crippen molar-refractivity contribution in [1.82, 2.24) is 0 Å². The number of aromatic hydroxyl groups is 1. The van der Waals surface area contributed by atoms with Crippen LogP contribution in [0.15, 0.2) is 12.1 Å². The van der Waals surface area contributed by atoms with Crippen molar-refractivity contribution in [3.05, 3.63) is 23.3 Å². The van der Waals surface area contributed by atoms with Gasteiger partial charge in [0.15, 0.2) is 0 Å². The summed E-state index contributed by atoms with van der Waals surface area (Å²) in [5.41, 5.74) is 1.51. The van der Waals surface area contributed by atoms with E-state index in [2.05, 4.69) is 20.8 Å². The number of carbonyl (C=O) groups excluding carboxylic acids is 1. The molecule has 1 rings (SSSR count). The van der Waals surface area contributed by atoms with Gasteiger partial charge in [-0.05, 0) is 49.3 Å². The SMILES string of the molecule is CCCCCCOC(=O)CCCC(C)(C)c1cc(OC)c(C)cc1O. The Morgan fingerprint density at radius 3 is 2.52 bits per heavy atom. The minimum atomic E-state index is -0.244. The molecule has 0 atom stereocenters. The van der Waals surface area contributed by atoms with Crippen molar-refractivity contribution < 1.29 is 19.4 Å². The molecule has 4 nitrogen and oxygen atoms in total. The van der Waals surface area contributed by atoms with Crippen LogP contribution in [0.3, 0.4) is 0 Å². The molecule has 25 heavy (non-hydrogen) atoms. The fourth-order valence-electron chi connectivity index (χ4n) is 3.03. The normalized spacial score (nSPS) is 11.4. The highest BCUT2D eigenvalue weighted by Crippen LogP contribution is 2.38. The summed E-state index contributed by atoms with van der Waals surface area (Å²) in [5, 5.41) is 10.3. The summed E-state index contributed by atoms with van der Waals surface area (Å²) in [6.07, 6.45) is 6.37. The number of phenols is 1. The van der Waals surface area contributed by atoms with Gasteiger partial charge in [-0.3, -0.25) is 4.79 Å². The van der Waals surface area contributed by atoms with E-state index in [1.807, 2.05) is 13.0 Å². The molecule has 1 aromatic rings. The lowest BCUT2D eigenvalue weighted by Crippen LogP contribution is -2.18. The van der Waals surface area contributed by atoms with Crippen molar-refractivity contribution in [2.24, 2.45) is 0 Å². The van der Waals surface area contributed by atoms with Gasteiger partial charge in [-0.15, -0.1) is 0 Å². The molecule has 0 aliphatic heterocycles. The Morgan fingerprint density at radius 2 is 1.88 bits per heavy atom. The van der Waals surface area contributed by atoms with Gasteiger partial charge in [-0.2, -0.15) is 0 Å². The van der Waals surface area contributed by atoms with E-state index in [0.29, 0.717) is 13.0 Å². The maximum atomic E-state index is 11.8. The molecule has 0 heterocycles. The highest BCUT2D eigenvalue weighted by Gasteiger charge is 2.25. The van der Waals surface area contributed by atoms with Gasteiger partial charge in [-0.25, -0.2) is 0 Å². The van der Waals surface area contributed by atoms with E-state index in [-0.39, 0.29) is 17.1 Å². The monoisotopic (exact) mass is 350 g/mol. The van der Waals surface area contributed by atoms with Crippen molar-refractivity contribution >= 4 is 5.97 Å². The van der Waals surface area contributed by atoms with Gasteiger partial charge in [0.2, 0.25) is 0 Å². The molecule has 1 N–H and O–H groups in total. The van der Waals surface area contributed by atoms with Gasteiger partial charge in [0.05, 0.1) is 13.7 Å². The van der Waals surface area contributed by atoms with E-state index in [1.165, 1.54) is 12.8 Å². The maximum Gasteiger partial charge on any atom is 0.305 e. The zero-order valence-corrected chi connectivity index (χ0v) is 16.5. The van der Waals surface area contributed by atoms with Crippen LogP contribution in [0.2, 0.25) is 0 Å². The van der Waals surface area contributed by atoms with Crippen molar-refractivity contribution in [3.63, 3.8) is 0 Å². The molecule has 4 heteroatoms. The first-order valence-electron chi connectivity index (χ1n) is 9.35. The summed E-state index contributed by atoms with van der Waals surface area (Å²) in [7, 11) is 1.63. The van der Waals surface area contributed by atoms with Gasteiger partial charge in [-0.1, -0.05) is 40.0 Å². The number of methoxy groups -OCH3 is 1. The molecule has 0 amide bonds. The lowest BCUT2D eigenvalue weighted by atomic mass is 9.79. The number of hydrogen-bond donors (Lipinski definition) is 1. The van der Waals surface area contributed by atoms with Crippen LogP contribution in [0.5, 0.6) is 11.5 Å². The second-order valence-corrected chi connectivity index (χ2v) is 7.36. The van der Waals surface area contributed by atoms with Crippen molar-refractivity contribution in [2.45, 2.75) is 78.1 Å². The Labute approximate surface area is 152 Å². The van der Waals surface area contributed by atoms with Crippen LogP contribution < -0.4 is 4.74 Å². The summed E-state index contributed by atoms with van der Waals surface area (Å²) in [6, 6.07) is 3.64. The van der Waals surface area contributed by atoms with E-state index in [9.17, 15) is 9.90 Å². The topological polar surface area (TPSA) is 55.8 Å². The van der Waals surface area contributed by atoms with Crippen LogP contribution in [0.25, 0.3) is 0 Å². The average molecular weight is 350 g/mol. The Morgan fingerprint density at radius 1 is 1.16 bits per heavy atom. The zero-order valence-electron chi connectivity index (χ0n) is 16.5. The highest BCUT2D eigenvalue weighted by atomic mass is 16.5. The van der Waals surface area contributed by atoms with Crippen molar-refractivity contribution in [1.29, 1.82) is 0 Å². The molecule has 0 aromatic heterocycles. The number of hydrogen-bond acceptors (Lipinski definition) is 4. The van der Waals surface area contributed by atoms with Gasteiger partial charge >= 0.3 is 5.97 Å². The van der Waals surface area contributed by atoms with E-state index in [0.717, 1.165) is 42.6 Å².